The Kier molecular flexibility index (Phi) is 5.54. The fraction of sp³-hybridized carbons (Fsp3) is 0.357. The molecule has 5 heteroatoms. The molecule has 0 spiro atoms. The number of ether oxygens (including phenoxy) is 1. The van der Waals surface area contributed by atoms with E-state index >= 15 is 0 Å². The second kappa shape index (κ2) is 6.70. The van der Waals surface area contributed by atoms with Crippen LogP contribution in [0.5, 0.6) is 0 Å². The zero-order valence-electron chi connectivity index (χ0n) is 11.2. The average molecular weight is 330 g/mol. The lowest BCUT2D eigenvalue weighted by Gasteiger charge is -2.19. The van der Waals surface area contributed by atoms with Gasteiger partial charge in [-0.2, -0.15) is 0 Å². The van der Waals surface area contributed by atoms with Gasteiger partial charge in [-0.25, -0.2) is 9.18 Å². The van der Waals surface area contributed by atoms with E-state index in [1.165, 1.54) is 6.07 Å². The number of halogens is 2. The van der Waals surface area contributed by atoms with Crippen molar-refractivity contribution in [1.82, 2.24) is 5.32 Å². The molecule has 0 radical (unpaired) electrons. The van der Waals surface area contributed by atoms with Crippen molar-refractivity contribution >= 4 is 28.1 Å². The van der Waals surface area contributed by atoms with Gasteiger partial charge in [-0.3, -0.25) is 0 Å². The Bertz CT molecular complexity index is 481. The number of nitrogens with one attached hydrogen (secondary N) is 1. The summed E-state index contributed by atoms with van der Waals surface area (Å²) in [5, 5.41) is 2.56. The number of rotatable bonds is 3. The molecule has 0 aliphatic carbocycles. The lowest BCUT2D eigenvalue weighted by molar-refractivity contribution is 0.0534. The van der Waals surface area contributed by atoms with Crippen LogP contribution in [0, 0.1) is 5.82 Å². The first-order valence-corrected chi connectivity index (χ1v) is 6.66. The van der Waals surface area contributed by atoms with Crippen molar-refractivity contribution in [3.8, 4) is 0 Å². The van der Waals surface area contributed by atoms with E-state index in [-0.39, 0.29) is 12.4 Å². The Morgan fingerprint density at radius 3 is 2.74 bits per heavy atom. The quantitative estimate of drug-likeness (QED) is 0.905. The van der Waals surface area contributed by atoms with Crippen LogP contribution in [-0.4, -0.2) is 18.2 Å². The van der Waals surface area contributed by atoms with Crippen molar-refractivity contribution in [3.63, 3.8) is 0 Å². The Balaban J connectivity index is 2.44. The first-order valence-electron chi connectivity index (χ1n) is 5.86. The van der Waals surface area contributed by atoms with Gasteiger partial charge in [0.2, 0.25) is 0 Å². The number of carbonyl (C=O) groups excluding carboxylic acids is 1. The van der Waals surface area contributed by atoms with Crippen LogP contribution < -0.4 is 5.32 Å². The summed E-state index contributed by atoms with van der Waals surface area (Å²) in [6.07, 6.45) is 2.78. The van der Waals surface area contributed by atoms with E-state index in [4.69, 9.17) is 4.74 Å². The predicted molar refractivity (Wildman–Crippen MR) is 77.4 cm³/mol. The third kappa shape index (κ3) is 6.38. The Morgan fingerprint density at radius 1 is 1.47 bits per heavy atom. The van der Waals surface area contributed by atoms with Crippen LogP contribution in [0.15, 0.2) is 28.7 Å². The molecule has 0 unspecified atom stereocenters. The second-order valence-electron chi connectivity index (χ2n) is 4.95. The van der Waals surface area contributed by atoms with Crippen molar-refractivity contribution in [3.05, 3.63) is 40.1 Å². The fourth-order valence-electron chi connectivity index (χ4n) is 1.28. The number of benzene rings is 1. The Labute approximate surface area is 121 Å². The summed E-state index contributed by atoms with van der Waals surface area (Å²) in [4.78, 5) is 11.3. The second-order valence-corrected chi connectivity index (χ2v) is 5.87. The number of alkyl carbamates (subject to hydrolysis) is 1. The van der Waals surface area contributed by atoms with Crippen molar-refractivity contribution in [2.24, 2.45) is 0 Å². The molecule has 0 aromatic heterocycles. The lowest BCUT2D eigenvalue weighted by Crippen LogP contribution is -2.32. The summed E-state index contributed by atoms with van der Waals surface area (Å²) in [6.45, 7) is 5.66. The van der Waals surface area contributed by atoms with E-state index in [0.717, 1.165) is 0 Å². The predicted octanol–water partition coefficient (Wildman–Crippen LogP) is 4.13. The normalized spacial score (nSPS) is 11.6. The van der Waals surface area contributed by atoms with Crippen LogP contribution in [0.25, 0.3) is 6.08 Å². The van der Waals surface area contributed by atoms with Gasteiger partial charge in [0.25, 0.3) is 0 Å². The minimum Gasteiger partial charge on any atom is -0.444 e. The Morgan fingerprint density at radius 2 is 2.16 bits per heavy atom. The molecule has 19 heavy (non-hydrogen) atoms. The summed E-state index contributed by atoms with van der Waals surface area (Å²) in [6, 6.07) is 4.80. The zero-order valence-corrected chi connectivity index (χ0v) is 12.8. The third-order valence-electron chi connectivity index (χ3n) is 2.02. The highest BCUT2D eigenvalue weighted by molar-refractivity contribution is 9.10. The molecule has 1 amide bonds. The van der Waals surface area contributed by atoms with Gasteiger partial charge in [-0.15, -0.1) is 0 Å². The van der Waals surface area contributed by atoms with E-state index in [9.17, 15) is 9.18 Å². The van der Waals surface area contributed by atoms with E-state index in [0.29, 0.717) is 10.0 Å². The van der Waals surface area contributed by atoms with Crippen LogP contribution in [0.3, 0.4) is 0 Å². The van der Waals surface area contributed by atoms with Gasteiger partial charge in [0.05, 0.1) is 0 Å². The molecule has 0 aliphatic rings. The third-order valence-corrected chi connectivity index (χ3v) is 2.52. The standard InChI is InChI=1S/C14H17BrFNO2/c1-14(2,3)19-13(18)17-8-4-5-10-6-7-11(15)9-12(10)16/h4-7,9H,8H2,1-3H3,(H,17,18). The lowest BCUT2D eigenvalue weighted by atomic mass is 10.2. The molecule has 1 aromatic rings. The molecule has 0 saturated heterocycles. The van der Waals surface area contributed by atoms with Crippen molar-refractivity contribution in [1.29, 1.82) is 0 Å². The fourth-order valence-corrected chi connectivity index (χ4v) is 1.61. The van der Waals surface area contributed by atoms with Gasteiger partial charge in [0.15, 0.2) is 0 Å². The average Bonchev–Trinajstić information content (AvgIpc) is 2.24. The van der Waals surface area contributed by atoms with Gasteiger partial charge in [0.1, 0.15) is 11.4 Å². The molecule has 0 aliphatic heterocycles. The topological polar surface area (TPSA) is 38.3 Å². The first kappa shape index (κ1) is 15.7. The summed E-state index contributed by atoms with van der Waals surface area (Å²) >= 11 is 3.19. The maximum Gasteiger partial charge on any atom is 0.407 e. The van der Waals surface area contributed by atoms with Gasteiger partial charge in [-0.1, -0.05) is 34.1 Å². The molecule has 1 aromatic carbocycles. The molecular formula is C14H17BrFNO2. The molecule has 0 heterocycles. The van der Waals surface area contributed by atoms with Gasteiger partial charge in [0, 0.05) is 16.6 Å². The highest BCUT2D eigenvalue weighted by atomic mass is 79.9. The van der Waals surface area contributed by atoms with Gasteiger partial charge >= 0.3 is 6.09 Å². The number of hydrogen-bond acceptors (Lipinski definition) is 2. The maximum absolute atomic E-state index is 13.5. The molecule has 0 fully saturated rings. The molecular weight excluding hydrogens is 313 g/mol. The highest BCUT2D eigenvalue weighted by Crippen LogP contribution is 2.16. The zero-order chi connectivity index (χ0) is 14.5. The summed E-state index contributed by atoms with van der Waals surface area (Å²) in [5.74, 6) is -0.317. The number of amides is 1. The first-order chi connectivity index (χ1) is 8.78. The molecule has 1 N–H and O–H groups in total. The van der Waals surface area contributed by atoms with Gasteiger partial charge in [-0.05, 0) is 32.9 Å². The van der Waals surface area contributed by atoms with E-state index in [2.05, 4.69) is 21.2 Å². The Hall–Kier alpha value is -1.36. The molecule has 0 bridgehead atoms. The van der Waals surface area contributed by atoms with Crippen LogP contribution in [0.2, 0.25) is 0 Å². The summed E-state index contributed by atoms with van der Waals surface area (Å²) in [7, 11) is 0. The van der Waals surface area contributed by atoms with Crippen LogP contribution in [-0.2, 0) is 4.74 Å². The van der Waals surface area contributed by atoms with Crippen molar-refractivity contribution in [2.45, 2.75) is 26.4 Å². The van der Waals surface area contributed by atoms with Crippen LogP contribution >= 0.6 is 15.9 Å². The molecule has 0 saturated carbocycles. The minimum absolute atomic E-state index is 0.282. The molecule has 0 atom stereocenters. The van der Waals surface area contributed by atoms with Crippen LogP contribution in [0.4, 0.5) is 9.18 Å². The summed E-state index contributed by atoms with van der Waals surface area (Å²) in [5.41, 5.74) is -0.0554. The monoisotopic (exact) mass is 329 g/mol. The van der Waals surface area contributed by atoms with E-state index < -0.39 is 11.7 Å². The van der Waals surface area contributed by atoms with Gasteiger partial charge < -0.3 is 10.1 Å². The number of carbonyl (C=O) groups is 1. The number of hydrogen-bond donors (Lipinski definition) is 1. The van der Waals surface area contributed by atoms with Crippen LogP contribution in [0.1, 0.15) is 26.3 Å². The minimum atomic E-state index is -0.522. The van der Waals surface area contributed by atoms with E-state index in [1.54, 1.807) is 45.1 Å². The van der Waals surface area contributed by atoms with E-state index in [1.807, 2.05) is 0 Å². The SMILES string of the molecule is CC(C)(C)OC(=O)NCC=Cc1ccc(Br)cc1F. The summed E-state index contributed by atoms with van der Waals surface area (Å²) < 4.78 is 19.2. The highest BCUT2D eigenvalue weighted by Gasteiger charge is 2.14. The maximum atomic E-state index is 13.5. The largest absolute Gasteiger partial charge is 0.444 e. The van der Waals surface area contributed by atoms with Crippen molar-refractivity contribution in [2.75, 3.05) is 6.54 Å². The molecule has 3 nitrogen and oxygen atoms in total. The molecule has 104 valence electrons. The van der Waals surface area contributed by atoms with Crippen molar-refractivity contribution < 1.29 is 13.9 Å². The molecule has 1 rings (SSSR count). The smallest absolute Gasteiger partial charge is 0.407 e.